The van der Waals surface area contributed by atoms with Gasteiger partial charge in [-0.2, -0.15) is 0 Å². The van der Waals surface area contributed by atoms with Gasteiger partial charge in [-0.15, -0.1) is 0 Å². The molecule has 0 radical (unpaired) electrons. The Morgan fingerprint density at radius 1 is 1.10 bits per heavy atom. The quantitative estimate of drug-likeness (QED) is 0.726. The fourth-order valence-corrected chi connectivity index (χ4v) is 2.40. The lowest BCUT2D eigenvalue weighted by Crippen LogP contribution is -2.24. The van der Waals surface area contributed by atoms with Crippen molar-refractivity contribution < 1.29 is 13.2 Å². The zero-order valence-electron chi connectivity index (χ0n) is 11.1. The number of carbonyl (C=O) groups excluding carboxylic acids is 1. The highest BCUT2D eigenvalue weighted by molar-refractivity contribution is 7.89. The van der Waals surface area contributed by atoms with Crippen LogP contribution in [-0.4, -0.2) is 14.3 Å². The first-order chi connectivity index (χ1) is 9.88. The molecule has 0 aliphatic rings. The van der Waals surface area contributed by atoms with Crippen molar-refractivity contribution in [2.75, 3.05) is 5.73 Å². The lowest BCUT2D eigenvalue weighted by molar-refractivity contribution is 0.0952. The van der Waals surface area contributed by atoms with Gasteiger partial charge in [0, 0.05) is 12.2 Å². The molecule has 7 heteroatoms. The van der Waals surface area contributed by atoms with Gasteiger partial charge in [0.1, 0.15) is 0 Å². The second-order valence-electron chi connectivity index (χ2n) is 4.46. The Bertz CT molecular complexity index is 773. The number of nitrogen functional groups attached to an aromatic ring is 1. The monoisotopic (exact) mass is 305 g/mol. The molecule has 110 valence electrons. The Morgan fingerprint density at radius 2 is 1.81 bits per heavy atom. The van der Waals surface area contributed by atoms with E-state index in [1.165, 1.54) is 12.1 Å². The van der Waals surface area contributed by atoms with Crippen molar-refractivity contribution in [3.05, 3.63) is 59.7 Å². The van der Waals surface area contributed by atoms with E-state index in [1.54, 1.807) is 36.4 Å². The van der Waals surface area contributed by atoms with Crippen molar-refractivity contribution in [2.24, 2.45) is 5.14 Å². The number of primary sulfonamides is 1. The molecule has 2 aromatic rings. The molecule has 0 fully saturated rings. The van der Waals surface area contributed by atoms with Crippen molar-refractivity contribution >= 4 is 21.6 Å². The molecule has 0 heterocycles. The summed E-state index contributed by atoms with van der Waals surface area (Å²) in [6.45, 7) is 0.177. The number of sulfonamides is 1. The first kappa shape index (κ1) is 15.0. The highest BCUT2D eigenvalue weighted by atomic mass is 32.2. The Hall–Kier alpha value is -2.38. The topological polar surface area (TPSA) is 115 Å². The lowest BCUT2D eigenvalue weighted by atomic mass is 10.1. The predicted octanol–water partition coefficient (Wildman–Crippen LogP) is 0.846. The normalized spacial score (nSPS) is 11.1. The molecular formula is C14H15N3O3S. The number of hydrogen-bond donors (Lipinski definition) is 3. The van der Waals surface area contributed by atoms with Crippen molar-refractivity contribution in [1.82, 2.24) is 5.32 Å². The molecule has 0 bridgehead atoms. The second-order valence-corrected chi connectivity index (χ2v) is 6.02. The van der Waals surface area contributed by atoms with Gasteiger partial charge in [-0.1, -0.05) is 24.3 Å². The predicted molar refractivity (Wildman–Crippen MR) is 79.8 cm³/mol. The average Bonchev–Trinajstić information content (AvgIpc) is 2.45. The number of nitrogens with one attached hydrogen (secondary N) is 1. The standard InChI is InChI=1S/C14H15N3O3S/c15-13-7-2-1-6-12(13)14(18)17-9-10-4-3-5-11(8-10)21(16,19)20/h1-8H,9,15H2,(H,17,18)(H2,16,19,20). The van der Waals surface area contributed by atoms with E-state index < -0.39 is 10.0 Å². The van der Waals surface area contributed by atoms with E-state index in [4.69, 9.17) is 10.9 Å². The number of para-hydroxylation sites is 1. The van der Waals surface area contributed by atoms with Gasteiger partial charge in [-0.3, -0.25) is 4.79 Å². The molecule has 0 aromatic heterocycles. The van der Waals surface area contributed by atoms with Gasteiger partial charge in [0.05, 0.1) is 10.5 Å². The summed E-state index contributed by atoms with van der Waals surface area (Å²) in [6, 6.07) is 12.8. The molecular weight excluding hydrogens is 290 g/mol. The average molecular weight is 305 g/mol. The Labute approximate surface area is 122 Å². The van der Waals surface area contributed by atoms with Gasteiger partial charge in [0.25, 0.3) is 5.91 Å². The van der Waals surface area contributed by atoms with Crippen LogP contribution in [-0.2, 0) is 16.6 Å². The summed E-state index contributed by atoms with van der Waals surface area (Å²) in [6.07, 6.45) is 0. The molecule has 0 spiro atoms. The molecule has 6 nitrogen and oxygen atoms in total. The Balaban J connectivity index is 2.11. The van der Waals surface area contributed by atoms with Crippen LogP contribution in [0.25, 0.3) is 0 Å². The molecule has 0 unspecified atom stereocenters. The van der Waals surface area contributed by atoms with Crippen LogP contribution < -0.4 is 16.2 Å². The summed E-state index contributed by atoms with van der Waals surface area (Å²) in [4.78, 5) is 12.0. The van der Waals surface area contributed by atoms with Gasteiger partial charge in [0.15, 0.2) is 0 Å². The number of carbonyl (C=O) groups is 1. The largest absolute Gasteiger partial charge is 0.398 e. The van der Waals surface area contributed by atoms with Crippen LogP contribution in [0.3, 0.4) is 0 Å². The molecule has 2 rings (SSSR count). The van der Waals surface area contributed by atoms with Gasteiger partial charge in [0.2, 0.25) is 10.0 Å². The third-order valence-corrected chi connectivity index (χ3v) is 3.80. The number of amides is 1. The van der Waals surface area contributed by atoms with E-state index in [1.807, 2.05) is 0 Å². The summed E-state index contributed by atoms with van der Waals surface area (Å²) >= 11 is 0. The first-order valence-corrected chi connectivity index (χ1v) is 7.67. The molecule has 0 aliphatic heterocycles. The summed E-state index contributed by atoms with van der Waals surface area (Å²) in [5.41, 5.74) is 7.10. The number of benzene rings is 2. The number of rotatable bonds is 4. The van der Waals surface area contributed by atoms with Crippen LogP contribution in [0.1, 0.15) is 15.9 Å². The van der Waals surface area contributed by atoms with Crippen molar-refractivity contribution in [1.29, 1.82) is 0 Å². The van der Waals surface area contributed by atoms with E-state index in [9.17, 15) is 13.2 Å². The molecule has 0 atom stereocenters. The summed E-state index contributed by atoms with van der Waals surface area (Å²) in [7, 11) is -3.76. The third-order valence-electron chi connectivity index (χ3n) is 2.89. The van der Waals surface area contributed by atoms with Gasteiger partial charge < -0.3 is 11.1 Å². The van der Waals surface area contributed by atoms with Gasteiger partial charge in [-0.25, -0.2) is 13.6 Å². The lowest BCUT2D eigenvalue weighted by Gasteiger charge is -2.08. The molecule has 0 aliphatic carbocycles. The fourth-order valence-electron chi connectivity index (χ4n) is 1.81. The SMILES string of the molecule is Nc1ccccc1C(=O)NCc1cccc(S(N)(=O)=O)c1. The van der Waals surface area contributed by atoms with Crippen LogP contribution in [0, 0.1) is 0 Å². The number of nitrogens with two attached hydrogens (primary N) is 2. The third kappa shape index (κ3) is 3.80. The second kappa shape index (κ2) is 5.94. The Kier molecular flexibility index (Phi) is 4.25. The maximum atomic E-state index is 12.0. The number of anilines is 1. The van der Waals surface area contributed by atoms with E-state index in [0.717, 1.165) is 0 Å². The van der Waals surface area contributed by atoms with Crippen LogP contribution in [0.5, 0.6) is 0 Å². The van der Waals surface area contributed by atoms with Crippen LogP contribution in [0.15, 0.2) is 53.4 Å². The molecule has 5 N–H and O–H groups in total. The highest BCUT2D eigenvalue weighted by Gasteiger charge is 2.10. The minimum absolute atomic E-state index is 0.00785. The van der Waals surface area contributed by atoms with Crippen LogP contribution in [0.2, 0.25) is 0 Å². The van der Waals surface area contributed by atoms with E-state index in [-0.39, 0.29) is 17.3 Å². The molecule has 0 saturated carbocycles. The van der Waals surface area contributed by atoms with E-state index in [2.05, 4.69) is 5.32 Å². The summed E-state index contributed by atoms with van der Waals surface area (Å²) in [5.74, 6) is -0.325. The van der Waals surface area contributed by atoms with Crippen molar-refractivity contribution in [2.45, 2.75) is 11.4 Å². The minimum Gasteiger partial charge on any atom is -0.398 e. The van der Waals surface area contributed by atoms with E-state index >= 15 is 0 Å². The zero-order chi connectivity index (χ0) is 15.5. The fraction of sp³-hybridized carbons (Fsp3) is 0.0714. The molecule has 0 saturated heterocycles. The zero-order valence-corrected chi connectivity index (χ0v) is 11.9. The van der Waals surface area contributed by atoms with Crippen molar-refractivity contribution in [3.8, 4) is 0 Å². The highest BCUT2D eigenvalue weighted by Crippen LogP contribution is 2.12. The van der Waals surface area contributed by atoms with Crippen LogP contribution in [0.4, 0.5) is 5.69 Å². The van der Waals surface area contributed by atoms with Crippen LogP contribution >= 0.6 is 0 Å². The summed E-state index contributed by atoms with van der Waals surface area (Å²) in [5, 5.41) is 7.74. The molecule has 2 aromatic carbocycles. The smallest absolute Gasteiger partial charge is 0.253 e. The first-order valence-electron chi connectivity index (χ1n) is 6.12. The van der Waals surface area contributed by atoms with Gasteiger partial charge in [-0.05, 0) is 29.8 Å². The molecule has 21 heavy (non-hydrogen) atoms. The van der Waals surface area contributed by atoms with E-state index in [0.29, 0.717) is 16.8 Å². The number of hydrogen-bond acceptors (Lipinski definition) is 4. The van der Waals surface area contributed by atoms with Crippen molar-refractivity contribution in [3.63, 3.8) is 0 Å². The minimum atomic E-state index is -3.76. The maximum absolute atomic E-state index is 12.0. The Morgan fingerprint density at radius 3 is 2.48 bits per heavy atom. The van der Waals surface area contributed by atoms with Gasteiger partial charge >= 0.3 is 0 Å². The maximum Gasteiger partial charge on any atom is 0.253 e. The summed E-state index contributed by atoms with van der Waals surface area (Å²) < 4.78 is 22.5. The molecule has 1 amide bonds.